The number of hydrogen-bond donors (Lipinski definition) is 2. The first-order valence-corrected chi connectivity index (χ1v) is 13.4. The number of benzene rings is 1. The molecule has 0 aliphatic carbocycles. The van der Waals surface area contributed by atoms with Gasteiger partial charge in [0.25, 0.3) is 5.95 Å². The maximum Gasteiger partial charge on any atom is 0.326 e. The lowest BCUT2D eigenvalue weighted by atomic mass is 9.93. The van der Waals surface area contributed by atoms with E-state index in [9.17, 15) is 4.79 Å². The number of nitrogens with zero attached hydrogens (tertiary/aromatic N) is 4. The maximum absolute atomic E-state index is 12.7. The van der Waals surface area contributed by atoms with Crippen LogP contribution < -0.4 is 10.6 Å². The average Bonchev–Trinajstić information content (AvgIpc) is 3.24. The van der Waals surface area contributed by atoms with Crippen molar-refractivity contribution in [3.63, 3.8) is 0 Å². The van der Waals surface area contributed by atoms with E-state index < -0.39 is 0 Å². The van der Waals surface area contributed by atoms with Gasteiger partial charge in [-0.05, 0) is 34.6 Å². The van der Waals surface area contributed by atoms with E-state index in [1.807, 2.05) is 0 Å². The largest absolute Gasteiger partial charge is 0.326 e. The van der Waals surface area contributed by atoms with Crippen molar-refractivity contribution in [2.75, 3.05) is 10.6 Å². The highest BCUT2D eigenvalue weighted by Gasteiger charge is 2.17. The molecular weight excluding hydrogens is 424 g/mol. The molecule has 0 atom stereocenters. The Bertz CT molecular complexity index is 819. The summed E-state index contributed by atoms with van der Waals surface area (Å²) in [7, 11) is 0. The van der Waals surface area contributed by atoms with Crippen LogP contribution in [0.2, 0.25) is 0 Å². The smallest absolute Gasteiger partial charge is 0.307 e. The fraction of sp³-hybridized carbons (Fsp3) is 0.704. The molecule has 7 heteroatoms. The van der Waals surface area contributed by atoms with Crippen LogP contribution in [-0.4, -0.2) is 26.2 Å². The zero-order chi connectivity index (χ0) is 24.8. The second-order valence-electron chi connectivity index (χ2n) is 9.94. The van der Waals surface area contributed by atoms with Crippen molar-refractivity contribution in [1.29, 1.82) is 0 Å². The molecule has 2 rings (SSSR count). The fourth-order valence-corrected chi connectivity index (χ4v) is 4.25. The van der Waals surface area contributed by atoms with Gasteiger partial charge in [0.15, 0.2) is 0 Å². The van der Waals surface area contributed by atoms with Crippen LogP contribution in [0.25, 0.3) is 0 Å². The Labute approximate surface area is 206 Å². The van der Waals surface area contributed by atoms with Gasteiger partial charge in [0.05, 0.1) is 6.54 Å². The second kappa shape index (κ2) is 15.5. The number of rotatable bonds is 16. The van der Waals surface area contributed by atoms with Gasteiger partial charge in [0.1, 0.15) is 0 Å². The quantitative estimate of drug-likeness (QED) is 0.244. The molecule has 1 aromatic carbocycles. The summed E-state index contributed by atoms with van der Waals surface area (Å²) < 4.78 is 0. The number of aryl methyl sites for hydroxylation is 1. The van der Waals surface area contributed by atoms with Gasteiger partial charge in [-0.15, -0.1) is 5.10 Å². The summed E-state index contributed by atoms with van der Waals surface area (Å²) in [6.07, 6.45) is 14.3. The Morgan fingerprint density at radius 2 is 1.35 bits per heavy atom. The summed E-state index contributed by atoms with van der Waals surface area (Å²) in [4.78, 5) is 14.2. The highest BCUT2D eigenvalue weighted by Crippen LogP contribution is 2.32. The molecule has 1 heterocycles. The van der Waals surface area contributed by atoms with Gasteiger partial charge < -0.3 is 5.32 Å². The number of anilines is 2. The van der Waals surface area contributed by atoms with Crippen LogP contribution in [0.4, 0.5) is 16.4 Å². The first-order valence-electron chi connectivity index (χ1n) is 13.4. The predicted molar refractivity (Wildman–Crippen MR) is 142 cm³/mol. The molecule has 0 bridgehead atoms. The van der Waals surface area contributed by atoms with Crippen LogP contribution in [-0.2, 0) is 6.54 Å². The van der Waals surface area contributed by atoms with Gasteiger partial charge in [0, 0.05) is 5.69 Å². The molecule has 0 spiro atoms. The lowest BCUT2D eigenvalue weighted by Crippen LogP contribution is -2.22. The van der Waals surface area contributed by atoms with E-state index in [4.69, 9.17) is 0 Å². The molecule has 0 aliphatic rings. The number of carbonyl (C=O) groups excluding carboxylic acids is 1. The number of para-hydroxylation sites is 1. The summed E-state index contributed by atoms with van der Waals surface area (Å²) in [5.74, 6) is 0.839. The van der Waals surface area contributed by atoms with Crippen molar-refractivity contribution in [1.82, 2.24) is 20.2 Å². The Hall–Kier alpha value is -2.44. The molecule has 0 aliphatic heterocycles. The highest BCUT2D eigenvalue weighted by molar-refractivity contribution is 5.99. The molecule has 7 nitrogen and oxygen atoms in total. The molecule has 34 heavy (non-hydrogen) atoms. The molecule has 190 valence electrons. The minimum absolute atomic E-state index is 0.230. The van der Waals surface area contributed by atoms with Crippen molar-refractivity contribution in [2.24, 2.45) is 0 Å². The summed E-state index contributed by atoms with van der Waals surface area (Å²) in [5.41, 5.74) is 3.11. The van der Waals surface area contributed by atoms with E-state index in [1.54, 1.807) is 4.80 Å². The number of carbonyl (C=O) groups is 1. The fourth-order valence-electron chi connectivity index (χ4n) is 4.25. The second-order valence-corrected chi connectivity index (χ2v) is 9.94. The minimum Gasteiger partial charge on any atom is -0.307 e. The number of amides is 2. The van der Waals surface area contributed by atoms with Gasteiger partial charge in [-0.25, -0.2) is 4.79 Å². The van der Waals surface area contributed by atoms with Crippen molar-refractivity contribution >= 4 is 17.7 Å². The molecule has 1 aromatic heterocycles. The molecule has 0 radical (unpaired) electrons. The van der Waals surface area contributed by atoms with Crippen LogP contribution in [0.1, 0.15) is 128 Å². The zero-order valence-corrected chi connectivity index (χ0v) is 22.1. The summed E-state index contributed by atoms with van der Waals surface area (Å²) in [5, 5.41) is 18.1. The minimum atomic E-state index is -0.343. The van der Waals surface area contributed by atoms with Crippen molar-refractivity contribution in [3.05, 3.63) is 29.3 Å². The van der Waals surface area contributed by atoms with Crippen LogP contribution in [0.5, 0.6) is 0 Å². The first kappa shape index (κ1) is 27.8. The Morgan fingerprint density at radius 3 is 1.88 bits per heavy atom. The van der Waals surface area contributed by atoms with Gasteiger partial charge >= 0.3 is 6.03 Å². The van der Waals surface area contributed by atoms with E-state index in [1.165, 1.54) is 64.2 Å². The third-order valence-corrected chi connectivity index (χ3v) is 6.25. The number of unbranched alkanes of at least 4 members (excludes halogenated alkanes) is 10. The van der Waals surface area contributed by atoms with Gasteiger partial charge in [-0.1, -0.05) is 122 Å². The summed E-state index contributed by atoms with van der Waals surface area (Å²) >= 11 is 0. The number of tetrazole rings is 1. The standard InChI is InChI=1S/C27H46N6O/c1-6-7-8-9-10-11-12-13-14-15-16-20-33-31-26(30-32-33)29-27(34)28-25-23(21(2)3)18-17-19-24(25)22(4)5/h17-19,21-22H,6-16,20H2,1-5H3,(H2,28,29,31,34). The van der Waals surface area contributed by atoms with E-state index in [2.05, 4.69) is 78.9 Å². The number of urea groups is 1. The molecule has 0 unspecified atom stereocenters. The van der Waals surface area contributed by atoms with Crippen molar-refractivity contribution in [2.45, 2.75) is 124 Å². The molecular formula is C27H46N6O. The SMILES string of the molecule is CCCCCCCCCCCCCn1nnc(NC(=O)Nc2c(C(C)C)cccc2C(C)C)n1. The zero-order valence-electron chi connectivity index (χ0n) is 22.1. The van der Waals surface area contributed by atoms with Gasteiger partial charge in [-0.2, -0.15) is 4.80 Å². The van der Waals surface area contributed by atoms with Gasteiger partial charge in [-0.3, -0.25) is 5.32 Å². The molecule has 2 amide bonds. The van der Waals surface area contributed by atoms with Crippen molar-refractivity contribution in [3.8, 4) is 0 Å². The number of aromatic nitrogens is 4. The Kier molecular flexibility index (Phi) is 12.6. The molecule has 0 saturated carbocycles. The normalized spacial score (nSPS) is 11.4. The predicted octanol–water partition coefficient (Wildman–Crippen LogP) is 7.87. The molecule has 2 N–H and O–H groups in total. The van der Waals surface area contributed by atoms with E-state index in [0.29, 0.717) is 11.8 Å². The third kappa shape index (κ3) is 9.82. The maximum atomic E-state index is 12.7. The molecule has 0 saturated heterocycles. The number of hydrogen-bond acceptors (Lipinski definition) is 4. The third-order valence-electron chi connectivity index (χ3n) is 6.25. The lowest BCUT2D eigenvalue weighted by molar-refractivity contribution is 0.262. The topological polar surface area (TPSA) is 84.7 Å². The molecule has 2 aromatic rings. The number of nitrogens with one attached hydrogen (secondary N) is 2. The summed E-state index contributed by atoms with van der Waals surface area (Å²) in [6, 6.07) is 5.84. The van der Waals surface area contributed by atoms with Crippen LogP contribution >= 0.6 is 0 Å². The van der Waals surface area contributed by atoms with E-state index in [-0.39, 0.29) is 12.0 Å². The first-order chi connectivity index (χ1) is 16.4. The van der Waals surface area contributed by atoms with Crippen LogP contribution in [0, 0.1) is 0 Å². The van der Waals surface area contributed by atoms with Gasteiger partial charge in [0.2, 0.25) is 0 Å². The van der Waals surface area contributed by atoms with Crippen LogP contribution in [0.15, 0.2) is 18.2 Å². The van der Waals surface area contributed by atoms with E-state index >= 15 is 0 Å². The Balaban J connectivity index is 1.71. The average molecular weight is 471 g/mol. The molecule has 0 fully saturated rings. The highest BCUT2D eigenvalue weighted by atomic mass is 16.2. The van der Waals surface area contributed by atoms with Crippen molar-refractivity contribution < 1.29 is 4.79 Å². The van der Waals surface area contributed by atoms with E-state index in [0.717, 1.165) is 29.8 Å². The summed E-state index contributed by atoms with van der Waals surface area (Å²) in [6.45, 7) is 11.5. The Morgan fingerprint density at radius 1 is 0.824 bits per heavy atom. The van der Waals surface area contributed by atoms with Crippen LogP contribution in [0.3, 0.4) is 0 Å². The monoisotopic (exact) mass is 470 g/mol. The lowest BCUT2D eigenvalue weighted by Gasteiger charge is -2.20.